The van der Waals surface area contributed by atoms with E-state index in [0.29, 0.717) is 29.7 Å². The van der Waals surface area contributed by atoms with Gasteiger partial charge < -0.3 is 14.5 Å². The number of hydrogen-bond acceptors (Lipinski definition) is 3. The van der Waals surface area contributed by atoms with E-state index in [4.69, 9.17) is 4.74 Å². The fourth-order valence-electron chi connectivity index (χ4n) is 8.57. The molecule has 8 atom stereocenters. The molecule has 0 unspecified atom stereocenters. The number of nitrogens with zero attached hydrogens (tertiary/aromatic N) is 2. The van der Waals surface area contributed by atoms with Crippen LogP contribution in [0, 0.1) is 34.5 Å². The molecule has 5 nitrogen and oxygen atoms in total. The largest absolute Gasteiger partial charge is 0.372 e. The molecule has 3 saturated carbocycles. The highest BCUT2D eigenvalue weighted by atomic mass is 16.5. The fraction of sp³-hybridized carbons (Fsp3) is 0.920. The molecular weight excluding hydrogens is 376 g/mol. The zero-order valence-corrected chi connectivity index (χ0v) is 19.9. The van der Waals surface area contributed by atoms with Crippen LogP contribution in [0.2, 0.25) is 0 Å². The summed E-state index contributed by atoms with van der Waals surface area (Å²) in [4.78, 5) is 30.1. The van der Waals surface area contributed by atoms with Crippen molar-refractivity contribution in [3.05, 3.63) is 0 Å². The Bertz CT molecular complexity index is 692. The first-order valence-corrected chi connectivity index (χ1v) is 12.3. The van der Waals surface area contributed by atoms with Gasteiger partial charge in [0.1, 0.15) is 6.10 Å². The van der Waals surface area contributed by atoms with Gasteiger partial charge in [0, 0.05) is 39.2 Å². The van der Waals surface area contributed by atoms with Crippen LogP contribution in [-0.2, 0) is 14.3 Å². The Morgan fingerprint density at radius 1 is 1.07 bits per heavy atom. The zero-order valence-electron chi connectivity index (χ0n) is 19.9. The number of hydrogen-bond donors (Lipinski definition) is 0. The fourth-order valence-corrected chi connectivity index (χ4v) is 8.57. The second-order valence-corrected chi connectivity index (χ2v) is 11.0. The summed E-state index contributed by atoms with van der Waals surface area (Å²) in [6, 6.07) is 0.330. The third kappa shape index (κ3) is 2.97. The van der Waals surface area contributed by atoms with Gasteiger partial charge >= 0.3 is 0 Å². The molecule has 1 saturated heterocycles. The summed E-state index contributed by atoms with van der Waals surface area (Å²) >= 11 is 0. The molecule has 0 aromatic heterocycles. The second kappa shape index (κ2) is 7.79. The summed E-state index contributed by atoms with van der Waals surface area (Å²) < 4.78 is 5.63. The predicted octanol–water partition coefficient (Wildman–Crippen LogP) is 3.96. The minimum absolute atomic E-state index is 0.120. The lowest BCUT2D eigenvalue weighted by Gasteiger charge is -2.62. The van der Waals surface area contributed by atoms with E-state index in [-0.39, 0.29) is 28.8 Å². The number of likely N-dealkylation sites (N-methyl/N-ethyl adjacent to an activating group) is 1. The summed E-state index contributed by atoms with van der Waals surface area (Å²) in [7, 11) is 3.66. The smallest absolute Gasteiger partial charge is 0.251 e. The number of ether oxygens (including phenoxy) is 1. The molecule has 2 amide bonds. The van der Waals surface area contributed by atoms with Gasteiger partial charge in [-0.2, -0.15) is 0 Å². The van der Waals surface area contributed by atoms with Gasteiger partial charge in [-0.25, -0.2) is 0 Å². The molecule has 30 heavy (non-hydrogen) atoms. The molecular formula is C25H42N2O3. The molecule has 4 fully saturated rings. The lowest BCUT2D eigenvalue weighted by Crippen LogP contribution is -2.64. The molecule has 4 rings (SSSR count). The molecule has 3 aliphatic carbocycles. The van der Waals surface area contributed by atoms with Crippen molar-refractivity contribution in [1.82, 2.24) is 9.80 Å². The lowest BCUT2D eigenvalue weighted by molar-refractivity contribution is -0.179. The molecule has 0 aromatic carbocycles. The van der Waals surface area contributed by atoms with Crippen molar-refractivity contribution in [3.63, 3.8) is 0 Å². The van der Waals surface area contributed by atoms with E-state index < -0.39 is 0 Å². The van der Waals surface area contributed by atoms with Crippen molar-refractivity contribution in [2.24, 2.45) is 34.5 Å². The van der Waals surface area contributed by atoms with E-state index in [0.717, 1.165) is 38.8 Å². The van der Waals surface area contributed by atoms with Crippen molar-refractivity contribution >= 4 is 11.8 Å². The molecule has 0 aromatic rings. The van der Waals surface area contributed by atoms with Crippen LogP contribution in [0.3, 0.4) is 0 Å². The maximum atomic E-state index is 13.3. The van der Waals surface area contributed by atoms with Crippen LogP contribution in [0.25, 0.3) is 0 Å². The summed E-state index contributed by atoms with van der Waals surface area (Å²) in [5, 5.41) is 0. The number of amides is 2. The van der Waals surface area contributed by atoms with Crippen LogP contribution in [0.4, 0.5) is 0 Å². The molecule has 4 aliphatic rings. The summed E-state index contributed by atoms with van der Waals surface area (Å²) in [6.45, 7) is 10.7. The molecule has 170 valence electrons. The standard InChI is InChI=1S/C25H42N2O3/c1-7-27(8-2)22(28)19-11-10-17-16-9-12-21-25(4,18(16)13-14-24(17,19)3)15-20(30-6)23(29)26(21)5/h16-21H,7-15H2,1-6H3/t16-,17-,18-,19+,20-,21+,24-,25+/m0/s1. The average Bonchev–Trinajstić information content (AvgIpc) is 3.08. The third-order valence-electron chi connectivity index (χ3n) is 10.2. The van der Waals surface area contributed by atoms with Crippen LogP contribution in [0.15, 0.2) is 0 Å². The normalized spacial score (nSPS) is 45.5. The number of fused-ring (bicyclic) bond motifs is 5. The maximum Gasteiger partial charge on any atom is 0.251 e. The highest BCUT2D eigenvalue weighted by Crippen LogP contribution is 2.66. The van der Waals surface area contributed by atoms with E-state index >= 15 is 0 Å². The van der Waals surface area contributed by atoms with Crippen LogP contribution in [0.1, 0.15) is 72.6 Å². The first kappa shape index (κ1) is 22.1. The number of carbonyl (C=O) groups is 2. The van der Waals surface area contributed by atoms with Gasteiger partial charge in [-0.05, 0) is 87.4 Å². The van der Waals surface area contributed by atoms with E-state index in [9.17, 15) is 9.59 Å². The number of likely N-dealkylation sites (tertiary alicyclic amines) is 1. The summed E-state index contributed by atoms with van der Waals surface area (Å²) in [5.41, 5.74) is 0.260. The Morgan fingerprint density at radius 3 is 2.37 bits per heavy atom. The highest BCUT2D eigenvalue weighted by Gasteiger charge is 2.63. The molecule has 0 N–H and O–H groups in total. The Balaban J connectivity index is 1.60. The average molecular weight is 419 g/mol. The predicted molar refractivity (Wildman–Crippen MR) is 118 cm³/mol. The number of rotatable bonds is 4. The minimum atomic E-state index is -0.302. The molecule has 0 bridgehead atoms. The first-order chi connectivity index (χ1) is 14.2. The van der Waals surface area contributed by atoms with Gasteiger partial charge in [0.05, 0.1) is 0 Å². The van der Waals surface area contributed by atoms with Crippen LogP contribution in [0.5, 0.6) is 0 Å². The number of methoxy groups -OCH3 is 1. The SMILES string of the molecule is CCN(CC)C(=O)[C@H]1CC[C@H]2[C@@H]3CC[C@H]4N(C)C(=O)[C@@H](OC)C[C@]4(C)[C@H]3CC[C@]12C. The Hall–Kier alpha value is -1.10. The molecule has 1 heterocycles. The summed E-state index contributed by atoms with van der Waals surface area (Å²) in [5.74, 6) is 2.69. The van der Waals surface area contributed by atoms with Gasteiger partial charge in [0.15, 0.2) is 0 Å². The highest BCUT2D eigenvalue weighted by molar-refractivity contribution is 5.82. The van der Waals surface area contributed by atoms with E-state index in [1.165, 1.54) is 19.3 Å². The molecule has 1 aliphatic heterocycles. The molecule has 5 heteroatoms. The second-order valence-electron chi connectivity index (χ2n) is 11.0. The van der Waals surface area contributed by atoms with E-state index in [1.54, 1.807) is 7.11 Å². The Labute approximate surface area is 182 Å². The maximum absolute atomic E-state index is 13.3. The Morgan fingerprint density at radius 2 is 1.73 bits per heavy atom. The van der Waals surface area contributed by atoms with Gasteiger partial charge in [-0.3, -0.25) is 9.59 Å². The van der Waals surface area contributed by atoms with Crippen LogP contribution < -0.4 is 0 Å². The monoisotopic (exact) mass is 418 g/mol. The quantitative estimate of drug-likeness (QED) is 0.694. The minimum Gasteiger partial charge on any atom is -0.372 e. The molecule has 0 spiro atoms. The van der Waals surface area contributed by atoms with Gasteiger partial charge in [0.25, 0.3) is 5.91 Å². The van der Waals surface area contributed by atoms with Gasteiger partial charge in [-0.15, -0.1) is 0 Å². The topological polar surface area (TPSA) is 49.9 Å². The van der Waals surface area contributed by atoms with Crippen LogP contribution >= 0.6 is 0 Å². The van der Waals surface area contributed by atoms with Crippen molar-refractivity contribution in [2.45, 2.75) is 84.8 Å². The van der Waals surface area contributed by atoms with Crippen molar-refractivity contribution in [2.75, 3.05) is 27.2 Å². The lowest BCUT2D eigenvalue weighted by atomic mass is 9.46. The van der Waals surface area contributed by atoms with Crippen molar-refractivity contribution < 1.29 is 14.3 Å². The van der Waals surface area contributed by atoms with E-state index in [1.807, 2.05) is 16.8 Å². The van der Waals surface area contributed by atoms with Crippen molar-refractivity contribution in [1.29, 1.82) is 0 Å². The Kier molecular flexibility index (Phi) is 5.74. The third-order valence-corrected chi connectivity index (χ3v) is 10.2. The number of carbonyl (C=O) groups excluding carboxylic acids is 2. The summed E-state index contributed by atoms with van der Waals surface area (Å²) in [6.07, 6.45) is 7.42. The molecule has 0 radical (unpaired) electrons. The van der Waals surface area contributed by atoms with Crippen LogP contribution in [-0.4, -0.2) is 61.0 Å². The van der Waals surface area contributed by atoms with E-state index in [2.05, 4.69) is 27.7 Å². The first-order valence-electron chi connectivity index (χ1n) is 12.3. The van der Waals surface area contributed by atoms with Crippen molar-refractivity contribution in [3.8, 4) is 0 Å². The van der Waals surface area contributed by atoms with Gasteiger partial charge in [-0.1, -0.05) is 13.8 Å². The zero-order chi connectivity index (χ0) is 21.8. The van der Waals surface area contributed by atoms with Gasteiger partial charge in [0.2, 0.25) is 5.91 Å². The number of piperidine rings is 1.